The largest absolute Gasteiger partial charge is 0.394 e. The van der Waals surface area contributed by atoms with Crippen molar-refractivity contribution in [2.75, 3.05) is 13.2 Å². The molecule has 0 radical (unpaired) electrons. The Balaban J connectivity index is 1.93. The minimum absolute atomic E-state index is 0.452. The van der Waals surface area contributed by atoms with Crippen molar-refractivity contribution in [1.29, 1.82) is 0 Å². The van der Waals surface area contributed by atoms with E-state index in [0.29, 0.717) is 6.61 Å². The molecule has 0 bridgehead atoms. The molecule has 156 valence electrons. The van der Waals surface area contributed by atoms with Gasteiger partial charge in [0.1, 0.15) is 24.4 Å². The van der Waals surface area contributed by atoms with Gasteiger partial charge in [0.15, 0.2) is 6.29 Å². The number of aliphatic hydroxyl groups is 4. The molecule has 6 nitrogen and oxygen atoms in total. The molecule has 0 aromatic carbocycles. The summed E-state index contributed by atoms with van der Waals surface area (Å²) in [5.41, 5.74) is 0. The topological polar surface area (TPSA) is 99.4 Å². The zero-order valence-corrected chi connectivity index (χ0v) is 16.4. The summed E-state index contributed by atoms with van der Waals surface area (Å²) in [6.07, 6.45) is 9.56. The average Bonchev–Trinajstić information content (AvgIpc) is 2.93. The molecule has 4 N–H and O–H groups in total. The summed E-state index contributed by atoms with van der Waals surface area (Å²) in [5, 5.41) is 38.1. The molecule has 0 aromatic rings. The van der Waals surface area contributed by atoms with E-state index in [2.05, 4.69) is 6.92 Å². The maximum Gasteiger partial charge on any atom is 0.186 e. The van der Waals surface area contributed by atoms with E-state index >= 15 is 0 Å². The van der Waals surface area contributed by atoms with E-state index in [0.717, 1.165) is 12.8 Å². The Morgan fingerprint density at radius 3 is 1.81 bits per heavy atom. The van der Waals surface area contributed by atoms with Crippen LogP contribution in [0.4, 0.5) is 0 Å². The van der Waals surface area contributed by atoms with Gasteiger partial charge in [-0.1, -0.05) is 77.6 Å². The molecule has 0 amide bonds. The number of unbranched alkanes of at least 4 members (excludes halogenated alkanes) is 11. The van der Waals surface area contributed by atoms with Gasteiger partial charge in [-0.3, -0.25) is 0 Å². The summed E-state index contributed by atoms with van der Waals surface area (Å²) < 4.78 is 10.8. The van der Waals surface area contributed by atoms with Crippen LogP contribution in [-0.4, -0.2) is 64.3 Å². The minimum Gasteiger partial charge on any atom is -0.394 e. The number of aliphatic hydroxyl groups excluding tert-OH is 4. The average molecular weight is 377 g/mol. The highest BCUT2D eigenvalue weighted by atomic mass is 16.7. The summed E-state index contributed by atoms with van der Waals surface area (Å²) in [4.78, 5) is 0. The van der Waals surface area contributed by atoms with Crippen molar-refractivity contribution in [3.63, 3.8) is 0 Å². The van der Waals surface area contributed by atoms with Crippen molar-refractivity contribution >= 4 is 0 Å². The van der Waals surface area contributed by atoms with Gasteiger partial charge in [0.2, 0.25) is 0 Å². The third-order valence-electron chi connectivity index (χ3n) is 5.10. The lowest BCUT2D eigenvalue weighted by molar-refractivity contribution is -0.181. The van der Waals surface area contributed by atoms with Crippen molar-refractivity contribution in [1.82, 2.24) is 0 Å². The summed E-state index contributed by atoms with van der Waals surface area (Å²) in [6, 6.07) is 0. The molecular formula is C20H40O6. The van der Waals surface area contributed by atoms with E-state index in [1.54, 1.807) is 0 Å². The predicted molar refractivity (Wildman–Crippen MR) is 101 cm³/mol. The zero-order valence-electron chi connectivity index (χ0n) is 16.4. The first-order valence-electron chi connectivity index (χ1n) is 10.5. The number of hydrogen-bond acceptors (Lipinski definition) is 6. The second kappa shape index (κ2) is 14.8. The first kappa shape index (κ1) is 23.8. The van der Waals surface area contributed by atoms with Crippen LogP contribution in [0.2, 0.25) is 0 Å². The second-order valence-corrected chi connectivity index (χ2v) is 7.46. The van der Waals surface area contributed by atoms with Gasteiger partial charge in [-0.05, 0) is 6.42 Å². The first-order valence-corrected chi connectivity index (χ1v) is 10.5. The lowest BCUT2D eigenvalue weighted by atomic mass is 10.1. The van der Waals surface area contributed by atoms with Crippen LogP contribution < -0.4 is 0 Å². The Labute approximate surface area is 158 Å². The third kappa shape index (κ3) is 9.11. The van der Waals surface area contributed by atoms with Gasteiger partial charge in [0, 0.05) is 6.61 Å². The lowest BCUT2D eigenvalue weighted by Gasteiger charge is -2.18. The molecule has 0 aliphatic carbocycles. The Hall–Kier alpha value is -0.240. The minimum atomic E-state index is -1.25. The van der Waals surface area contributed by atoms with Gasteiger partial charge in [0.05, 0.1) is 6.61 Å². The molecule has 1 aliphatic heterocycles. The van der Waals surface area contributed by atoms with Crippen molar-refractivity contribution in [2.24, 2.45) is 0 Å². The van der Waals surface area contributed by atoms with Gasteiger partial charge < -0.3 is 29.9 Å². The van der Waals surface area contributed by atoms with Crippen LogP contribution in [0.1, 0.15) is 84.0 Å². The fourth-order valence-corrected chi connectivity index (χ4v) is 3.37. The highest BCUT2D eigenvalue weighted by molar-refractivity contribution is 4.90. The maximum absolute atomic E-state index is 9.87. The molecule has 1 fully saturated rings. The Bertz CT molecular complexity index is 327. The van der Waals surface area contributed by atoms with Crippen LogP contribution in [-0.2, 0) is 9.47 Å². The third-order valence-corrected chi connectivity index (χ3v) is 5.10. The maximum atomic E-state index is 9.87. The number of ether oxygens (including phenoxy) is 2. The lowest BCUT2D eigenvalue weighted by Crippen LogP contribution is -2.40. The summed E-state index contributed by atoms with van der Waals surface area (Å²) in [6.45, 7) is 2.17. The van der Waals surface area contributed by atoms with Gasteiger partial charge in [-0.15, -0.1) is 0 Å². The highest BCUT2D eigenvalue weighted by Gasteiger charge is 2.46. The fourth-order valence-electron chi connectivity index (χ4n) is 3.37. The van der Waals surface area contributed by atoms with Gasteiger partial charge in [0.25, 0.3) is 0 Å². The molecule has 5 atom stereocenters. The van der Waals surface area contributed by atoms with Crippen LogP contribution >= 0.6 is 0 Å². The van der Waals surface area contributed by atoms with E-state index in [1.165, 1.54) is 64.2 Å². The zero-order chi connectivity index (χ0) is 19.2. The van der Waals surface area contributed by atoms with Crippen LogP contribution in [0.3, 0.4) is 0 Å². The van der Waals surface area contributed by atoms with Crippen molar-refractivity contribution in [2.45, 2.75) is 115 Å². The molecule has 1 rings (SSSR count). The SMILES string of the molecule is CCCCCCCCCCCCCCO[C@H]1O[C@H]([C@H](O)CO)[C@H](O)[C@H]1O. The smallest absolute Gasteiger partial charge is 0.186 e. The van der Waals surface area contributed by atoms with E-state index < -0.39 is 37.3 Å². The molecule has 26 heavy (non-hydrogen) atoms. The molecule has 0 spiro atoms. The van der Waals surface area contributed by atoms with E-state index in [1.807, 2.05) is 0 Å². The van der Waals surface area contributed by atoms with Crippen molar-refractivity contribution in [3.05, 3.63) is 0 Å². The van der Waals surface area contributed by atoms with Crippen LogP contribution in [0.5, 0.6) is 0 Å². The standard InChI is InChI=1S/C20H40O6/c1-2-3-4-5-6-7-8-9-10-11-12-13-14-25-20-18(24)17(23)19(26-20)16(22)15-21/h16-24H,2-15H2,1H3/t16-,17-,18-,19-,20+/m1/s1. The molecular weight excluding hydrogens is 336 g/mol. The molecule has 0 aromatic heterocycles. The number of hydrogen-bond donors (Lipinski definition) is 4. The quantitative estimate of drug-likeness (QED) is 0.309. The first-order chi connectivity index (χ1) is 12.6. The fraction of sp³-hybridized carbons (Fsp3) is 1.00. The van der Waals surface area contributed by atoms with Crippen LogP contribution in [0.15, 0.2) is 0 Å². The Morgan fingerprint density at radius 1 is 0.808 bits per heavy atom. The second-order valence-electron chi connectivity index (χ2n) is 7.46. The number of rotatable bonds is 16. The van der Waals surface area contributed by atoms with Gasteiger partial charge >= 0.3 is 0 Å². The monoisotopic (exact) mass is 376 g/mol. The summed E-state index contributed by atoms with van der Waals surface area (Å²) in [5.74, 6) is 0. The van der Waals surface area contributed by atoms with E-state index in [-0.39, 0.29) is 0 Å². The molecule has 1 saturated heterocycles. The van der Waals surface area contributed by atoms with Crippen LogP contribution in [0.25, 0.3) is 0 Å². The highest BCUT2D eigenvalue weighted by Crippen LogP contribution is 2.25. The molecule has 1 aliphatic rings. The van der Waals surface area contributed by atoms with Gasteiger partial charge in [-0.25, -0.2) is 0 Å². The predicted octanol–water partition coefficient (Wildman–Crippen LogP) is 2.50. The molecule has 0 unspecified atom stereocenters. The molecule has 0 saturated carbocycles. The normalized spacial score (nSPS) is 27.1. The van der Waals surface area contributed by atoms with Crippen molar-refractivity contribution in [3.8, 4) is 0 Å². The van der Waals surface area contributed by atoms with Gasteiger partial charge in [-0.2, -0.15) is 0 Å². The summed E-state index contributed by atoms with van der Waals surface area (Å²) >= 11 is 0. The molecule has 6 heteroatoms. The van der Waals surface area contributed by atoms with Crippen LogP contribution in [0, 0.1) is 0 Å². The summed E-state index contributed by atoms with van der Waals surface area (Å²) in [7, 11) is 0. The Morgan fingerprint density at radius 2 is 1.31 bits per heavy atom. The molecule has 1 heterocycles. The van der Waals surface area contributed by atoms with E-state index in [4.69, 9.17) is 14.6 Å². The van der Waals surface area contributed by atoms with Crippen molar-refractivity contribution < 1.29 is 29.9 Å². The Kier molecular flexibility index (Phi) is 13.5. The van der Waals surface area contributed by atoms with E-state index in [9.17, 15) is 15.3 Å².